The zero-order valence-electron chi connectivity index (χ0n) is 14.5. The molecule has 0 bridgehead atoms. The van der Waals surface area contributed by atoms with Gasteiger partial charge >= 0.3 is 0 Å². The summed E-state index contributed by atoms with van der Waals surface area (Å²) >= 11 is 0. The van der Waals surface area contributed by atoms with Gasteiger partial charge < -0.3 is 10.1 Å². The van der Waals surface area contributed by atoms with Crippen molar-refractivity contribution in [2.45, 2.75) is 59.1 Å². The van der Waals surface area contributed by atoms with Crippen LogP contribution in [0.1, 0.15) is 47.9 Å². The van der Waals surface area contributed by atoms with Crippen molar-refractivity contribution in [2.75, 3.05) is 5.32 Å². The lowest BCUT2D eigenvalue weighted by atomic mass is 10.0. The first-order chi connectivity index (χ1) is 11.1. The summed E-state index contributed by atoms with van der Waals surface area (Å²) in [7, 11) is 0. The Morgan fingerprint density at radius 2 is 1.70 bits per heavy atom. The summed E-state index contributed by atoms with van der Waals surface area (Å²) in [6, 6.07) is 13.0. The number of hydrogen-bond acceptors (Lipinski definition) is 2. The van der Waals surface area contributed by atoms with Gasteiger partial charge in [0.1, 0.15) is 5.75 Å². The fourth-order valence-electron chi connectivity index (χ4n) is 3.58. The van der Waals surface area contributed by atoms with E-state index in [0.29, 0.717) is 6.10 Å². The number of nitrogens with one attached hydrogen (secondary N) is 1. The summed E-state index contributed by atoms with van der Waals surface area (Å²) in [6.45, 7) is 7.31. The van der Waals surface area contributed by atoms with E-state index in [1.807, 2.05) is 0 Å². The third-order valence-corrected chi connectivity index (χ3v) is 4.65. The van der Waals surface area contributed by atoms with E-state index in [9.17, 15) is 0 Å². The summed E-state index contributed by atoms with van der Waals surface area (Å²) in [5.74, 6) is 1.01. The Morgan fingerprint density at radius 3 is 2.39 bits per heavy atom. The Kier molecular flexibility index (Phi) is 4.90. The second-order valence-electron chi connectivity index (χ2n) is 6.80. The van der Waals surface area contributed by atoms with E-state index in [4.69, 9.17) is 4.74 Å². The Morgan fingerprint density at radius 1 is 1.00 bits per heavy atom. The van der Waals surface area contributed by atoms with Crippen LogP contribution in [0, 0.1) is 20.8 Å². The molecule has 0 saturated heterocycles. The molecule has 0 heterocycles. The minimum atomic E-state index is 0.416. The summed E-state index contributed by atoms with van der Waals surface area (Å²) < 4.78 is 6.10. The van der Waals surface area contributed by atoms with E-state index in [1.54, 1.807) is 0 Å². The molecule has 2 nitrogen and oxygen atoms in total. The molecule has 3 rings (SSSR count). The van der Waals surface area contributed by atoms with Crippen LogP contribution >= 0.6 is 0 Å². The predicted molar refractivity (Wildman–Crippen MR) is 97.3 cm³/mol. The van der Waals surface area contributed by atoms with Gasteiger partial charge in [-0.3, -0.25) is 0 Å². The molecule has 23 heavy (non-hydrogen) atoms. The van der Waals surface area contributed by atoms with Crippen LogP contribution in [0.2, 0.25) is 0 Å². The predicted octanol–water partition coefficient (Wildman–Crippen LogP) is 5.55. The molecule has 0 aliphatic heterocycles. The Balaban J connectivity index is 1.66. The van der Waals surface area contributed by atoms with E-state index < -0.39 is 0 Å². The van der Waals surface area contributed by atoms with E-state index in [-0.39, 0.29) is 0 Å². The van der Waals surface area contributed by atoms with Crippen LogP contribution in [0.5, 0.6) is 5.75 Å². The van der Waals surface area contributed by atoms with Gasteiger partial charge in [0.15, 0.2) is 0 Å². The van der Waals surface area contributed by atoms with E-state index in [0.717, 1.165) is 12.3 Å². The fraction of sp³-hybridized carbons (Fsp3) is 0.429. The monoisotopic (exact) mass is 309 g/mol. The van der Waals surface area contributed by atoms with Gasteiger partial charge in [-0.15, -0.1) is 0 Å². The van der Waals surface area contributed by atoms with Crippen molar-refractivity contribution in [3.05, 3.63) is 58.7 Å². The standard InChI is InChI=1S/C21H27NO/c1-15-11-16(2)21(17(3)12-15)22-14-18-7-6-10-20(13-18)23-19-8-4-5-9-19/h6-7,10-13,19,22H,4-5,8-9,14H2,1-3H3. The largest absolute Gasteiger partial charge is 0.490 e. The molecule has 1 fully saturated rings. The molecule has 1 N–H and O–H groups in total. The van der Waals surface area contributed by atoms with Crippen molar-refractivity contribution < 1.29 is 4.74 Å². The normalized spacial score (nSPS) is 14.9. The summed E-state index contributed by atoms with van der Waals surface area (Å²) in [6.07, 6.45) is 5.42. The summed E-state index contributed by atoms with van der Waals surface area (Å²) in [4.78, 5) is 0. The number of ether oxygens (including phenoxy) is 1. The second kappa shape index (κ2) is 7.08. The van der Waals surface area contributed by atoms with Gasteiger partial charge in [0.25, 0.3) is 0 Å². The molecule has 1 aliphatic carbocycles. The first-order valence-electron chi connectivity index (χ1n) is 8.69. The third-order valence-electron chi connectivity index (χ3n) is 4.65. The zero-order chi connectivity index (χ0) is 16.2. The smallest absolute Gasteiger partial charge is 0.120 e. The van der Waals surface area contributed by atoms with Gasteiger partial charge in [0.05, 0.1) is 6.10 Å². The molecular formula is C21H27NO. The van der Waals surface area contributed by atoms with Gasteiger partial charge in [-0.2, -0.15) is 0 Å². The molecule has 2 aromatic carbocycles. The lowest BCUT2D eigenvalue weighted by molar-refractivity contribution is 0.210. The van der Waals surface area contributed by atoms with Gasteiger partial charge in [0.2, 0.25) is 0 Å². The maximum Gasteiger partial charge on any atom is 0.120 e. The number of aryl methyl sites for hydroxylation is 3. The average Bonchev–Trinajstić information content (AvgIpc) is 2.99. The Hall–Kier alpha value is -1.96. The first kappa shape index (κ1) is 15.9. The van der Waals surface area contributed by atoms with Crippen molar-refractivity contribution >= 4 is 5.69 Å². The van der Waals surface area contributed by atoms with E-state index >= 15 is 0 Å². The third kappa shape index (κ3) is 4.07. The molecule has 0 atom stereocenters. The van der Waals surface area contributed by atoms with Crippen LogP contribution < -0.4 is 10.1 Å². The summed E-state index contributed by atoms with van der Waals surface area (Å²) in [5, 5.41) is 3.59. The number of benzene rings is 2. The molecule has 0 radical (unpaired) electrons. The molecule has 122 valence electrons. The van der Waals surface area contributed by atoms with Crippen molar-refractivity contribution in [1.82, 2.24) is 0 Å². The minimum Gasteiger partial charge on any atom is -0.490 e. The molecule has 0 spiro atoms. The highest BCUT2D eigenvalue weighted by molar-refractivity contribution is 5.58. The van der Waals surface area contributed by atoms with Crippen molar-refractivity contribution in [1.29, 1.82) is 0 Å². The number of hydrogen-bond donors (Lipinski definition) is 1. The summed E-state index contributed by atoms with van der Waals surface area (Å²) in [5.41, 5.74) is 6.44. The molecule has 1 saturated carbocycles. The van der Waals surface area contributed by atoms with Crippen LogP contribution in [0.15, 0.2) is 36.4 Å². The van der Waals surface area contributed by atoms with Crippen molar-refractivity contribution in [3.8, 4) is 5.75 Å². The molecular weight excluding hydrogens is 282 g/mol. The van der Waals surface area contributed by atoms with Crippen LogP contribution in [0.3, 0.4) is 0 Å². The topological polar surface area (TPSA) is 21.3 Å². The molecule has 1 aliphatic rings. The van der Waals surface area contributed by atoms with Gasteiger partial charge in [0, 0.05) is 12.2 Å². The molecule has 0 unspecified atom stereocenters. The van der Waals surface area contributed by atoms with E-state index in [2.05, 4.69) is 62.5 Å². The van der Waals surface area contributed by atoms with Gasteiger partial charge in [-0.25, -0.2) is 0 Å². The minimum absolute atomic E-state index is 0.416. The highest BCUT2D eigenvalue weighted by atomic mass is 16.5. The van der Waals surface area contributed by atoms with Crippen molar-refractivity contribution in [2.24, 2.45) is 0 Å². The highest BCUT2D eigenvalue weighted by Crippen LogP contribution is 2.26. The van der Waals surface area contributed by atoms with Crippen molar-refractivity contribution in [3.63, 3.8) is 0 Å². The molecule has 2 aromatic rings. The van der Waals surface area contributed by atoms with E-state index in [1.165, 1.54) is 53.6 Å². The van der Waals surface area contributed by atoms with Gasteiger partial charge in [-0.1, -0.05) is 29.8 Å². The SMILES string of the molecule is Cc1cc(C)c(NCc2cccc(OC3CCCC3)c2)c(C)c1. The van der Waals surface area contributed by atoms with Crippen LogP contribution in [0.25, 0.3) is 0 Å². The molecule has 0 amide bonds. The fourth-order valence-corrected chi connectivity index (χ4v) is 3.58. The number of anilines is 1. The van der Waals surface area contributed by atoms with Gasteiger partial charge in [-0.05, 0) is 75.3 Å². The first-order valence-corrected chi connectivity index (χ1v) is 8.69. The molecule has 2 heteroatoms. The van der Waals surface area contributed by atoms with Crippen LogP contribution in [-0.2, 0) is 6.54 Å². The Labute approximate surface area is 139 Å². The Bertz CT molecular complexity index is 648. The maximum absolute atomic E-state index is 6.10. The molecule has 0 aromatic heterocycles. The lowest BCUT2D eigenvalue weighted by Gasteiger charge is -2.16. The zero-order valence-corrected chi connectivity index (χ0v) is 14.5. The second-order valence-corrected chi connectivity index (χ2v) is 6.80. The quantitative estimate of drug-likeness (QED) is 0.782. The van der Waals surface area contributed by atoms with Crippen LogP contribution in [-0.4, -0.2) is 6.10 Å². The lowest BCUT2D eigenvalue weighted by Crippen LogP contribution is -2.11. The maximum atomic E-state index is 6.10. The highest BCUT2D eigenvalue weighted by Gasteiger charge is 2.16. The average molecular weight is 309 g/mol. The number of rotatable bonds is 5. The van der Waals surface area contributed by atoms with Crippen LogP contribution in [0.4, 0.5) is 5.69 Å².